The van der Waals surface area contributed by atoms with E-state index in [2.05, 4.69) is 33.9 Å². The molecule has 1 aromatic rings. The molecule has 4 heteroatoms. The summed E-state index contributed by atoms with van der Waals surface area (Å²) >= 11 is 0. The SMILES string of the molecule is CC(=O)/C=C/C1=CCOc2ccccc2C1O[Si](C)(C)C(C)(C)C. The van der Waals surface area contributed by atoms with Gasteiger partial charge in [-0.05, 0) is 48.8 Å². The van der Waals surface area contributed by atoms with Crippen molar-refractivity contribution in [2.75, 3.05) is 6.61 Å². The molecule has 1 aliphatic rings. The third-order valence-electron chi connectivity index (χ3n) is 4.79. The summed E-state index contributed by atoms with van der Waals surface area (Å²) in [5.41, 5.74) is 2.01. The molecular weight excluding hydrogens is 316 g/mol. The third-order valence-corrected chi connectivity index (χ3v) is 9.23. The van der Waals surface area contributed by atoms with E-state index in [1.165, 1.54) is 0 Å². The maximum atomic E-state index is 11.4. The Bertz CT molecular complexity index is 666. The fraction of sp³-hybridized carbons (Fsp3) is 0.450. The topological polar surface area (TPSA) is 35.5 Å². The van der Waals surface area contributed by atoms with Gasteiger partial charge in [0, 0.05) is 5.56 Å². The van der Waals surface area contributed by atoms with Crippen LogP contribution in [0.25, 0.3) is 0 Å². The monoisotopic (exact) mass is 344 g/mol. The van der Waals surface area contributed by atoms with Gasteiger partial charge in [0.15, 0.2) is 14.1 Å². The van der Waals surface area contributed by atoms with Gasteiger partial charge in [-0.1, -0.05) is 45.0 Å². The molecule has 130 valence electrons. The second-order valence-corrected chi connectivity index (χ2v) is 12.5. The second kappa shape index (κ2) is 7.07. The van der Waals surface area contributed by atoms with Crippen LogP contribution in [0.5, 0.6) is 5.75 Å². The maximum Gasteiger partial charge on any atom is 0.193 e. The second-order valence-electron chi connectivity index (χ2n) is 7.76. The molecule has 0 bridgehead atoms. The van der Waals surface area contributed by atoms with Gasteiger partial charge in [0.25, 0.3) is 0 Å². The highest BCUT2D eigenvalue weighted by atomic mass is 28.4. The molecule has 1 heterocycles. The fourth-order valence-corrected chi connectivity index (χ4v) is 3.52. The minimum atomic E-state index is -2.00. The largest absolute Gasteiger partial charge is 0.489 e. The first-order valence-electron chi connectivity index (χ1n) is 8.40. The fourth-order valence-electron chi connectivity index (χ4n) is 2.31. The lowest BCUT2D eigenvalue weighted by molar-refractivity contribution is -0.112. The normalized spacial score (nSPS) is 18.6. The molecule has 0 saturated heterocycles. The molecule has 1 aliphatic heterocycles. The summed E-state index contributed by atoms with van der Waals surface area (Å²) in [6.07, 6.45) is 5.27. The van der Waals surface area contributed by atoms with Crippen molar-refractivity contribution < 1.29 is 14.0 Å². The predicted molar refractivity (Wildman–Crippen MR) is 101 cm³/mol. The van der Waals surface area contributed by atoms with Crippen molar-refractivity contribution in [3.8, 4) is 5.75 Å². The van der Waals surface area contributed by atoms with E-state index < -0.39 is 8.32 Å². The van der Waals surface area contributed by atoms with Crippen LogP contribution in [0.2, 0.25) is 18.1 Å². The number of hydrogen-bond acceptors (Lipinski definition) is 3. The number of para-hydroxylation sites is 1. The van der Waals surface area contributed by atoms with E-state index in [1.807, 2.05) is 36.4 Å². The summed E-state index contributed by atoms with van der Waals surface area (Å²) in [7, 11) is -2.00. The van der Waals surface area contributed by atoms with E-state index in [9.17, 15) is 4.79 Å². The van der Waals surface area contributed by atoms with Crippen molar-refractivity contribution in [3.05, 3.63) is 53.6 Å². The van der Waals surface area contributed by atoms with Gasteiger partial charge in [0.1, 0.15) is 12.4 Å². The zero-order valence-electron chi connectivity index (χ0n) is 15.6. The number of rotatable bonds is 4. The van der Waals surface area contributed by atoms with Gasteiger partial charge in [0.05, 0.1) is 6.10 Å². The van der Waals surface area contributed by atoms with E-state index in [-0.39, 0.29) is 16.9 Å². The van der Waals surface area contributed by atoms with Crippen molar-refractivity contribution in [1.82, 2.24) is 0 Å². The number of carbonyl (C=O) groups is 1. The van der Waals surface area contributed by atoms with Crippen LogP contribution in [-0.2, 0) is 9.22 Å². The van der Waals surface area contributed by atoms with E-state index in [4.69, 9.17) is 9.16 Å². The summed E-state index contributed by atoms with van der Waals surface area (Å²) in [6, 6.07) is 8.00. The highest BCUT2D eigenvalue weighted by Gasteiger charge is 2.40. The van der Waals surface area contributed by atoms with Gasteiger partial charge >= 0.3 is 0 Å². The zero-order chi connectivity index (χ0) is 18.0. The van der Waals surface area contributed by atoms with Gasteiger partial charge in [0.2, 0.25) is 0 Å². The molecule has 1 aromatic carbocycles. The van der Waals surface area contributed by atoms with Gasteiger partial charge in [-0.2, -0.15) is 0 Å². The Morgan fingerprint density at radius 1 is 1.29 bits per heavy atom. The Labute approximate surface area is 146 Å². The average Bonchev–Trinajstić information content (AvgIpc) is 2.64. The molecule has 1 atom stereocenters. The molecule has 0 spiro atoms. The maximum absolute atomic E-state index is 11.4. The molecule has 0 fully saturated rings. The zero-order valence-corrected chi connectivity index (χ0v) is 16.6. The van der Waals surface area contributed by atoms with Crippen molar-refractivity contribution in [3.63, 3.8) is 0 Å². The van der Waals surface area contributed by atoms with Crippen molar-refractivity contribution in [2.24, 2.45) is 0 Å². The van der Waals surface area contributed by atoms with E-state index in [0.29, 0.717) is 6.61 Å². The van der Waals surface area contributed by atoms with E-state index >= 15 is 0 Å². The quantitative estimate of drug-likeness (QED) is 0.555. The average molecular weight is 345 g/mol. The minimum absolute atomic E-state index is 0.0282. The molecule has 0 aliphatic carbocycles. The molecule has 2 rings (SSSR count). The predicted octanol–water partition coefficient (Wildman–Crippen LogP) is 5.21. The first-order chi connectivity index (χ1) is 11.1. The third kappa shape index (κ3) is 4.25. The Morgan fingerprint density at radius 2 is 1.96 bits per heavy atom. The molecule has 0 aromatic heterocycles. The van der Waals surface area contributed by atoms with Gasteiger partial charge in [-0.15, -0.1) is 0 Å². The number of carbonyl (C=O) groups excluding carboxylic acids is 1. The van der Waals surface area contributed by atoms with Crippen molar-refractivity contribution in [2.45, 2.75) is 51.9 Å². The number of fused-ring (bicyclic) bond motifs is 1. The lowest BCUT2D eigenvalue weighted by Gasteiger charge is -2.39. The number of hydrogen-bond donors (Lipinski definition) is 0. The van der Waals surface area contributed by atoms with E-state index in [1.54, 1.807) is 13.0 Å². The van der Waals surface area contributed by atoms with Crippen LogP contribution >= 0.6 is 0 Å². The summed E-state index contributed by atoms with van der Waals surface area (Å²) in [4.78, 5) is 11.4. The smallest absolute Gasteiger partial charge is 0.193 e. The lowest BCUT2D eigenvalue weighted by Crippen LogP contribution is -2.42. The summed E-state index contributed by atoms with van der Waals surface area (Å²) in [5, 5.41) is 0.102. The molecule has 0 N–H and O–H groups in total. The van der Waals surface area contributed by atoms with E-state index in [0.717, 1.165) is 16.9 Å². The summed E-state index contributed by atoms with van der Waals surface area (Å²) in [5.74, 6) is 0.879. The van der Waals surface area contributed by atoms with Crippen LogP contribution in [0.1, 0.15) is 39.4 Å². The summed E-state index contributed by atoms with van der Waals surface area (Å²) < 4.78 is 12.6. The summed E-state index contributed by atoms with van der Waals surface area (Å²) in [6.45, 7) is 13.2. The highest BCUT2D eigenvalue weighted by molar-refractivity contribution is 6.74. The van der Waals surface area contributed by atoms with Crippen LogP contribution in [0, 0.1) is 0 Å². The molecular formula is C20H28O3Si. The van der Waals surface area contributed by atoms with Crippen LogP contribution in [-0.4, -0.2) is 20.7 Å². The van der Waals surface area contributed by atoms with Gasteiger partial charge in [-0.25, -0.2) is 0 Å². The van der Waals surface area contributed by atoms with Gasteiger partial charge in [-0.3, -0.25) is 4.79 Å². The number of ether oxygens (including phenoxy) is 1. The standard InChI is InChI=1S/C20H28O3Si/c1-15(21)11-12-16-13-14-22-18-10-8-7-9-17(18)19(16)23-24(5,6)20(2,3)4/h7-13,19H,14H2,1-6H3/b12-11+. The Hall–Kier alpha value is -1.65. The first kappa shape index (κ1) is 18.7. The Kier molecular flexibility index (Phi) is 5.51. The van der Waals surface area contributed by atoms with Crippen LogP contribution in [0.15, 0.2) is 48.1 Å². The lowest BCUT2D eigenvalue weighted by atomic mass is 10.0. The van der Waals surface area contributed by atoms with Crippen LogP contribution < -0.4 is 4.74 Å². The van der Waals surface area contributed by atoms with Gasteiger partial charge < -0.3 is 9.16 Å². The molecule has 0 saturated carbocycles. The molecule has 1 unspecified atom stereocenters. The van der Waals surface area contributed by atoms with Crippen LogP contribution in [0.3, 0.4) is 0 Å². The molecule has 24 heavy (non-hydrogen) atoms. The van der Waals surface area contributed by atoms with Crippen molar-refractivity contribution >= 4 is 14.1 Å². The molecule has 0 radical (unpaired) electrons. The Morgan fingerprint density at radius 3 is 2.58 bits per heavy atom. The highest BCUT2D eigenvalue weighted by Crippen LogP contribution is 2.44. The molecule has 0 amide bonds. The number of benzene rings is 1. The number of ketones is 1. The Balaban J connectivity index is 2.47. The number of allylic oxidation sites excluding steroid dienone is 1. The minimum Gasteiger partial charge on any atom is -0.489 e. The van der Waals surface area contributed by atoms with Crippen molar-refractivity contribution in [1.29, 1.82) is 0 Å². The van der Waals surface area contributed by atoms with Crippen LogP contribution in [0.4, 0.5) is 0 Å². The molecule has 3 nitrogen and oxygen atoms in total. The first-order valence-corrected chi connectivity index (χ1v) is 11.3.